The van der Waals surface area contributed by atoms with Gasteiger partial charge in [0.1, 0.15) is 10.9 Å². The van der Waals surface area contributed by atoms with Crippen LogP contribution in [0.3, 0.4) is 0 Å². The Kier molecular flexibility index (Phi) is 8.82. The maximum absolute atomic E-state index is 13.1. The molecule has 8 nitrogen and oxygen atoms in total. The van der Waals surface area contributed by atoms with Gasteiger partial charge in [0, 0.05) is 24.3 Å². The molecule has 0 radical (unpaired) electrons. The fourth-order valence-corrected chi connectivity index (χ4v) is 5.71. The minimum Gasteiger partial charge on any atom is -0.379 e. The monoisotopic (exact) mass is 535 g/mol. The molecule has 0 spiro atoms. The fraction of sp³-hybridized carbons (Fsp3) is 0.462. The molecular weight excluding hydrogens is 502 g/mol. The topological polar surface area (TPSA) is 105 Å². The van der Waals surface area contributed by atoms with Gasteiger partial charge in [-0.15, -0.1) is 0 Å². The summed E-state index contributed by atoms with van der Waals surface area (Å²) < 4.78 is 32.7. The molecule has 1 atom stereocenters. The molecule has 10 heteroatoms. The number of nitrogens with zero attached hydrogens (tertiary/aromatic N) is 1. The van der Waals surface area contributed by atoms with Crippen LogP contribution in [0, 0.1) is 5.92 Å². The molecule has 2 N–H and O–H groups in total. The van der Waals surface area contributed by atoms with Crippen LogP contribution in [0.4, 0.5) is 5.69 Å². The molecular formula is C26H34ClN3O5S. The van der Waals surface area contributed by atoms with Crippen molar-refractivity contribution in [2.45, 2.75) is 51.0 Å². The average molecular weight is 536 g/mol. The highest BCUT2D eigenvalue weighted by Gasteiger charge is 2.30. The summed E-state index contributed by atoms with van der Waals surface area (Å²) in [5.74, 6) is -1.04. The van der Waals surface area contributed by atoms with Crippen LogP contribution in [0.2, 0.25) is 5.02 Å². The number of nitrogens with one attached hydrogen (secondary N) is 2. The van der Waals surface area contributed by atoms with Gasteiger partial charge < -0.3 is 15.4 Å². The first kappa shape index (κ1) is 28.1. The van der Waals surface area contributed by atoms with Crippen LogP contribution < -0.4 is 10.6 Å². The number of sulfonamides is 1. The van der Waals surface area contributed by atoms with E-state index in [9.17, 15) is 18.0 Å². The molecule has 0 bridgehead atoms. The van der Waals surface area contributed by atoms with Crippen LogP contribution in [0.25, 0.3) is 0 Å². The van der Waals surface area contributed by atoms with E-state index in [2.05, 4.69) is 31.4 Å². The molecule has 2 aromatic rings. The van der Waals surface area contributed by atoms with Gasteiger partial charge in [0.05, 0.1) is 18.2 Å². The van der Waals surface area contributed by atoms with E-state index in [1.54, 1.807) is 12.1 Å². The van der Waals surface area contributed by atoms with E-state index in [1.165, 1.54) is 22.5 Å². The highest BCUT2D eigenvalue weighted by Crippen LogP contribution is 2.28. The Morgan fingerprint density at radius 2 is 1.64 bits per heavy atom. The van der Waals surface area contributed by atoms with E-state index in [0.717, 1.165) is 5.56 Å². The molecule has 36 heavy (non-hydrogen) atoms. The van der Waals surface area contributed by atoms with Crippen molar-refractivity contribution in [3.05, 3.63) is 58.6 Å². The average Bonchev–Trinajstić information content (AvgIpc) is 2.83. The van der Waals surface area contributed by atoms with Gasteiger partial charge in [-0.2, -0.15) is 4.31 Å². The van der Waals surface area contributed by atoms with Crippen molar-refractivity contribution in [3.63, 3.8) is 0 Å². The third kappa shape index (κ3) is 6.64. The normalized spacial score (nSPS) is 16.0. The van der Waals surface area contributed by atoms with Gasteiger partial charge in [-0.25, -0.2) is 8.42 Å². The Labute approximate surface area is 218 Å². The van der Waals surface area contributed by atoms with Crippen molar-refractivity contribution < 1.29 is 22.7 Å². The Bertz CT molecular complexity index is 1200. The Morgan fingerprint density at radius 3 is 2.19 bits per heavy atom. The van der Waals surface area contributed by atoms with Crippen molar-refractivity contribution in [1.82, 2.24) is 9.62 Å². The number of carbonyl (C=O) groups is 2. The molecule has 1 saturated heterocycles. The lowest BCUT2D eigenvalue weighted by Gasteiger charge is -2.26. The first-order chi connectivity index (χ1) is 16.8. The third-order valence-corrected chi connectivity index (χ3v) is 8.42. The zero-order valence-electron chi connectivity index (χ0n) is 21.3. The number of carbonyl (C=O) groups excluding carboxylic acids is 2. The summed E-state index contributed by atoms with van der Waals surface area (Å²) in [6.45, 7) is 11.0. The summed E-state index contributed by atoms with van der Waals surface area (Å²) in [6, 6.07) is 10.8. The summed E-state index contributed by atoms with van der Waals surface area (Å²) in [5, 5.41) is 5.60. The van der Waals surface area contributed by atoms with Crippen molar-refractivity contribution in [2.75, 3.05) is 31.6 Å². The molecule has 3 rings (SSSR count). The number of ether oxygens (including phenoxy) is 1. The summed E-state index contributed by atoms with van der Waals surface area (Å²) in [6.07, 6.45) is 0. The van der Waals surface area contributed by atoms with E-state index in [0.29, 0.717) is 18.8 Å². The van der Waals surface area contributed by atoms with Crippen LogP contribution in [0.15, 0.2) is 47.4 Å². The van der Waals surface area contributed by atoms with Crippen LogP contribution in [-0.2, 0) is 25.0 Å². The SMILES string of the molecule is CC(C)C(NC(=O)c1ccc(C(C)(C)C)cc1)C(=O)Nc1ccc(Cl)c(S(=O)(=O)N2CCOCC2)c1. The van der Waals surface area contributed by atoms with E-state index in [-0.39, 0.29) is 45.9 Å². The lowest BCUT2D eigenvalue weighted by molar-refractivity contribution is -0.118. The maximum atomic E-state index is 13.1. The van der Waals surface area contributed by atoms with Gasteiger partial charge in [0.15, 0.2) is 0 Å². The Hall–Kier alpha value is -2.46. The minimum atomic E-state index is -3.86. The number of rotatable bonds is 7. The number of hydrogen-bond acceptors (Lipinski definition) is 5. The van der Waals surface area contributed by atoms with E-state index < -0.39 is 22.0 Å². The van der Waals surface area contributed by atoms with Crippen LogP contribution in [0.5, 0.6) is 0 Å². The van der Waals surface area contributed by atoms with Gasteiger partial charge in [-0.3, -0.25) is 9.59 Å². The number of anilines is 1. The highest BCUT2D eigenvalue weighted by molar-refractivity contribution is 7.89. The second-order valence-corrected chi connectivity index (χ2v) is 12.5. The number of hydrogen-bond donors (Lipinski definition) is 2. The molecule has 2 aromatic carbocycles. The molecule has 0 saturated carbocycles. The summed E-state index contributed by atoms with van der Waals surface area (Å²) in [4.78, 5) is 25.9. The number of benzene rings is 2. The maximum Gasteiger partial charge on any atom is 0.251 e. The van der Waals surface area contributed by atoms with Crippen molar-refractivity contribution >= 4 is 39.1 Å². The fourth-order valence-electron chi connectivity index (χ4n) is 3.81. The molecule has 1 unspecified atom stereocenters. The molecule has 196 valence electrons. The van der Waals surface area contributed by atoms with E-state index >= 15 is 0 Å². The van der Waals surface area contributed by atoms with Gasteiger partial charge >= 0.3 is 0 Å². The molecule has 2 amide bonds. The smallest absolute Gasteiger partial charge is 0.251 e. The van der Waals surface area contributed by atoms with Gasteiger partial charge in [0.2, 0.25) is 15.9 Å². The number of amides is 2. The Morgan fingerprint density at radius 1 is 1.03 bits per heavy atom. The second kappa shape index (κ2) is 11.3. The van der Waals surface area contributed by atoms with Crippen molar-refractivity contribution in [1.29, 1.82) is 0 Å². The predicted octanol–water partition coefficient (Wildman–Crippen LogP) is 4.05. The van der Waals surface area contributed by atoms with Gasteiger partial charge in [-0.1, -0.05) is 58.4 Å². The van der Waals surface area contributed by atoms with Crippen molar-refractivity contribution in [2.24, 2.45) is 5.92 Å². The number of morpholine rings is 1. The summed E-state index contributed by atoms with van der Waals surface area (Å²) >= 11 is 6.22. The molecule has 1 fully saturated rings. The zero-order chi connectivity index (χ0) is 26.7. The van der Waals surface area contributed by atoms with Crippen LogP contribution in [0.1, 0.15) is 50.5 Å². The summed E-state index contributed by atoms with van der Waals surface area (Å²) in [5.41, 5.74) is 1.78. The summed E-state index contributed by atoms with van der Waals surface area (Å²) in [7, 11) is -3.86. The second-order valence-electron chi connectivity index (χ2n) is 10.2. The van der Waals surface area contributed by atoms with Crippen LogP contribution >= 0.6 is 11.6 Å². The predicted molar refractivity (Wildman–Crippen MR) is 141 cm³/mol. The van der Waals surface area contributed by atoms with Gasteiger partial charge in [-0.05, 0) is 47.2 Å². The molecule has 1 aliphatic rings. The number of halogens is 1. The van der Waals surface area contributed by atoms with Gasteiger partial charge in [0.25, 0.3) is 5.91 Å². The lowest BCUT2D eigenvalue weighted by Crippen LogP contribution is -2.47. The molecule has 0 aliphatic carbocycles. The molecule has 0 aromatic heterocycles. The lowest BCUT2D eigenvalue weighted by atomic mass is 9.86. The quantitative estimate of drug-likeness (QED) is 0.556. The Balaban J connectivity index is 1.76. The van der Waals surface area contributed by atoms with E-state index in [4.69, 9.17) is 16.3 Å². The zero-order valence-corrected chi connectivity index (χ0v) is 22.9. The first-order valence-electron chi connectivity index (χ1n) is 11.9. The van der Waals surface area contributed by atoms with Crippen LogP contribution in [-0.4, -0.2) is 56.9 Å². The standard InChI is InChI=1S/C26H34ClN3O5S/c1-17(2)23(29-24(31)18-6-8-19(9-7-18)26(3,4)5)25(32)28-20-10-11-21(27)22(16-20)36(33,34)30-12-14-35-15-13-30/h6-11,16-17,23H,12-15H2,1-5H3,(H,28,32)(H,29,31). The third-order valence-electron chi connectivity index (χ3n) is 6.04. The molecule has 1 aliphatic heterocycles. The van der Waals surface area contributed by atoms with Crippen molar-refractivity contribution in [3.8, 4) is 0 Å². The minimum absolute atomic E-state index is 0.0396. The first-order valence-corrected chi connectivity index (χ1v) is 13.7. The highest BCUT2D eigenvalue weighted by atomic mass is 35.5. The van der Waals surface area contributed by atoms with E-state index in [1.807, 2.05) is 26.0 Å². The molecule has 1 heterocycles. The largest absolute Gasteiger partial charge is 0.379 e.